The van der Waals surface area contributed by atoms with Crippen molar-refractivity contribution in [2.45, 2.75) is 19.9 Å². The molecule has 162 valence electrons. The molecule has 0 heterocycles. The van der Waals surface area contributed by atoms with Crippen LogP contribution < -0.4 is 9.47 Å². The van der Waals surface area contributed by atoms with Crippen LogP contribution >= 0.6 is 23.2 Å². The molecule has 0 aliphatic carbocycles. The van der Waals surface area contributed by atoms with Gasteiger partial charge in [0.2, 0.25) is 0 Å². The normalized spacial score (nSPS) is 10.6. The average molecular weight is 458 g/mol. The Kier molecular flexibility index (Phi) is 7.83. The summed E-state index contributed by atoms with van der Waals surface area (Å²) in [4.78, 5) is 15.3. The van der Waals surface area contributed by atoms with Gasteiger partial charge >= 0.3 is 0 Å². The van der Waals surface area contributed by atoms with E-state index in [1.165, 1.54) is 5.56 Å². The van der Waals surface area contributed by atoms with Crippen LogP contribution in [-0.4, -0.2) is 31.6 Å². The van der Waals surface area contributed by atoms with E-state index in [2.05, 4.69) is 0 Å². The predicted molar refractivity (Wildman–Crippen MR) is 126 cm³/mol. The number of carbonyl (C=O) groups is 1. The number of nitrogens with zero attached hydrogens (tertiary/aromatic N) is 1. The Morgan fingerprint density at radius 3 is 2.32 bits per heavy atom. The molecule has 0 saturated heterocycles. The Morgan fingerprint density at radius 2 is 1.68 bits per heavy atom. The van der Waals surface area contributed by atoms with Crippen LogP contribution in [-0.2, 0) is 13.0 Å². The van der Waals surface area contributed by atoms with Crippen molar-refractivity contribution in [3.8, 4) is 11.5 Å². The van der Waals surface area contributed by atoms with Crippen molar-refractivity contribution in [1.29, 1.82) is 0 Å². The third kappa shape index (κ3) is 5.93. The van der Waals surface area contributed by atoms with Gasteiger partial charge in [-0.3, -0.25) is 4.79 Å². The number of amides is 1. The molecule has 0 bridgehead atoms. The van der Waals surface area contributed by atoms with E-state index in [-0.39, 0.29) is 5.91 Å². The summed E-state index contributed by atoms with van der Waals surface area (Å²) >= 11 is 12.4. The van der Waals surface area contributed by atoms with Gasteiger partial charge in [-0.2, -0.15) is 0 Å². The highest BCUT2D eigenvalue weighted by molar-refractivity contribution is 6.35. The molecule has 6 heteroatoms. The Morgan fingerprint density at radius 1 is 0.935 bits per heavy atom. The molecule has 3 aromatic rings. The second-order valence-electron chi connectivity index (χ2n) is 7.26. The van der Waals surface area contributed by atoms with Gasteiger partial charge < -0.3 is 14.4 Å². The lowest BCUT2D eigenvalue weighted by molar-refractivity contribution is 0.0741. The molecule has 0 unspecified atom stereocenters. The van der Waals surface area contributed by atoms with Crippen molar-refractivity contribution >= 4 is 29.1 Å². The first-order valence-corrected chi connectivity index (χ1v) is 10.7. The van der Waals surface area contributed by atoms with Crippen molar-refractivity contribution in [2.75, 3.05) is 20.8 Å². The van der Waals surface area contributed by atoms with Gasteiger partial charge in [0, 0.05) is 29.2 Å². The van der Waals surface area contributed by atoms with Gasteiger partial charge in [0.1, 0.15) is 11.5 Å². The average Bonchev–Trinajstić information content (AvgIpc) is 2.78. The quantitative estimate of drug-likeness (QED) is 0.403. The maximum atomic E-state index is 13.5. The summed E-state index contributed by atoms with van der Waals surface area (Å²) in [5, 5.41) is 1.18. The largest absolute Gasteiger partial charge is 0.497 e. The Hall–Kier alpha value is -2.69. The van der Waals surface area contributed by atoms with E-state index in [0.29, 0.717) is 46.6 Å². The fourth-order valence-corrected chi connectivity index (χ4v) is 3.79. The number of benzene rings is 3. The molecule has 4 nitrogen and oxygen atoms in total. The van der Waals surface area contributed by atoms with Crippen molar-refractivity contribution in [3.63, 3.8) is 0 Å². The maximum Gasteiger partial charge on any atom is 0.257 e. The first kappa shape index (κ1) is 23.0. The zero-order valence-corrected chi connectivity index (χ0v) is 19.3. The number of carbonyl (C=O) groups excluding carboxylic acids is 1. The molecule has 0 aromatic heterocycles. The summed E-state index contributed by atoms with van der Waals surface area (Å²) in [6, 6.07) is 18.8. The van der Waals surface area contributed by atoms with Crippen LogP contribution in [0.15, 0.2) is 60.7 Å². The minimum absolute atomic E-state index is 0.120. The van der Waals surface area contributed by atoms with E-state index in [4.69, 9.17) is 32.7 Å². The Labute approximate surface area is 193 Å². The highest BCUT2D eigenvalue weighted by Gasteiger charge is 2.21. The smallest absolute Gasteiger partial charge is 0.257 e. The molecule has 0 spiro atoms. The molecule has 0 saturated carbocycles. The van der Waals surface area contributed by atoms with Gasteiger partial charge in [0.25, 0.3) is 5.91 Å². The summed E-state index contributed by atoms with van der Waals surface area (Å²) < 4.78 is 10.7. The van der Waals surface area contributed by atoms with Crippen molar-refractivity contribution < 1.29 is 14.3 Å². The molecular weight excluding hydrogens is 433 g/mol. The summed E-state index contributed by atoms with van der Waals surface area (Å²) in [6.07, 6.45) is 0.603. The first-order chi connectivity index (χ1) is 14.9. The summed E-state index contributed by atoms with van der Waals surface area (Å²) in [6.45, 7) is 3.00. The monoisotopic (exact) mass is 457 g/mol. The molecular formula is C25H25Cl2NO3. The molecule has 31 heavy (non-hydrogen) atoms. The number of rotatable bonds is 8. The van der Waals surface area contributed by atoms with Crippen LogP contribution in [0.3, 0.4) is 0 Å². The summed E-state index contributed by atoms with van der Waals surface area (Å²) in [5.74, 6) is 0.986. The van der Waals surface area contributed by atoms with Crippen LogP contribution in [0.4, 0.5) is 0 Å². The molecule has 0 atom stereocenters. The third-order valence-corrected chi connectivity index (χ3v) is 5.67. The van der Waals surface area contributed by atoms with E-state index in [9.17, 15) is 4.79 Å². The second-order valence-corrected chi connectivity index (χ2v) is 8.11. The predicted octanol–water partition coefficient (Wildman–Crippen LogP) is 6.20. The van der Waals surface area contributed by atoms with E-state index in [1.807, 2.05) is 37.3 Å². The molecule has 3 aromatic carbocycles. The molecule has 3 rings (SSSR count). The highest BCUT2D eigenvalue weighted by atomic mass is 35.5. The number of aryl methyl sites for hydroxylation is 1. The Balaban J connectivity index is 1.88. The molecule has 0 aliphatic rings. The number of hydrogen-bond acceptors (Lipinski definition) is 3. The molecule has 1 amide bonds. The molecule has 0 radical (unpaired) electrons. The third-order valence-electron chi connectivity index (χ3n) is 5.09. The zero-order chi connectivity index (χ0) is 22.4. The van der Waals surface area contributed by atoms with Crippen LogP contribution in [0.2, 0.25) is 10.0 Å². The van der Waals surface area contributed by atoms with Crippen LogP contribution in [0.1, 0.15) is 27.0 Å². The van der Waals surface area contributed by atoms with Crippen molar-refractivity contribution in [1.82, 2.24) is 4.90 Å². The first-order valence-electron chi connectivity index (χ1n) is 9.92. The maximum absolute atomic E-state index is 13.5. The van der Waals surface area contributed by atoms with E-state index >= 15 is 0 Å². The molecule has 0 aliphatic heterocycles. The minimum atomic E-state index is -0.120. The number of hydrogen-bond donors (Lipinski definition) is 0. The SMILES string of the molecule is COc1ccc(C(=O)N(CCc2ccc(Cl)cc2Cl)Cc2ccc(C)cc2)c(OC)c1. The zero-order valence-electron chi connectivity index (χ0n) is 17.8. The van der Waals surface area contributed by atoms with Crippen LogP contribution in [0.25, 0.3) is 0 Å². The standard InChI is InChI=1S/C25H25Cl2NO3/c1-17-4-6-18(7-5-17)16-28(13-12-19-8-9-20(26)14-23(19)27)25(29)22-11-10-21(30-2)15-24(22)31-3/h4-11,14-15H,12-13,16H2,1-3H3. The number of methoxy groups -OCH3 is 2. The fourth-order valence-electron chi connectivity index (χ4n) is 3.29. The van der Waals surface area contributed by atoms with Gasteiger partial charge in [0.05, 0.1) is 19.8 Å². The van der Waals surface area contributed by atoms with E-state index < -0.39 is 0 Å². The van der Waals surface area contributed by atoms with Gasteiger partial charge in [-0.1, -0.05) is 59.1 Å². The minimum Gasteiger partial charge on any atom is -0.497 e. The van der Waals surface area contributed by atoms with Gasteiger partial charge in [-0.05, 0) is 48.7 Å². The van der Waals surface area contributed by atoms with E-state index in [1.54, 1.807) is 49.5 Å². The Bertz CT molecular complexity index is 1050. The van der Waals surface area contributed by atoms with Crippen molar-refractivity contribution in [3.05, 3.63) is 93.0 Å². The van der Waals surface area contributed by atoms with Gasteiger partial charge in [-0.15, -0.1) is 0 Å². The van der Waals surface area contributed by atoms with E-state index in [0.717, 1.165) is 11.1 Å². The fraction of sp³-hybridized carbons (Fsp3) is 0.240. The van der Waals surface area contributed by atoms with Crippen LogP contribution in [0.5, 0.6) is 11.5 Å². The highest BCUT2D eigenvalue weighted by Crippen LogP contribution is 2.27. The summed E-state index contributed by atoms with van der Waals surface area (Å²) in [5.41, 5.74) is 3.65. The lowest BCUT2D eigenvalue weighted by Crippen LogP contribution is -2.32. The second kappa shape index (κ2) is 10.6. The van der Waals surface area contributed by atoms with Crippen LogP contribution in [0, 0.1) is 6.92 Å². The molecule has 0 fully saturated rings. The molecule has 0 N–H and O–H groups in total. The lowest BCUT2D eigenvalue weighted by Gasteiger charge is -2.24. The van der Waals surface area contributed by atoms with Gasteiger partial charge in [-0.25, -0.2) is 0 Å². The lowest BCUT2D eigenvalue weighted by atomic mass is 10.1. The van der Waals surface area contributed by atoms with Crippen molar-refractivity contribution in [2.24, 2.45) is 0 Å². The van der Waals surface area contributed by atoms with Gasteiger partial charge in [0.15, 0.2) is 0 Å². The topological polar surface area (TPSA) is 38.8 Å². The summed E-state index contributed by atoms with van der Waals surface area (Å²) in [7, 11) is 3.12. The number of halogens is 2. The number of ether oxygens (including phenoxy) is 2.